The van der Waals surface area contributed by atoms with Crippen molar-refractivity contribution in [1.29, 1.82) is 0 Å². The first-order valence-electron chi connectivity index (χ1n) is 4.28. The number of rotatable bonds is 0. The zero-order valence-electron chi connectivity index (χ0n) is 8.97. The molecule has 8 heteroatoms. The molecule has 0 bridgehead atoms. The first-order chi connectivity index (χ1) is 7.28. The van der Waals surface area contributed by atoms with Gasteiger partial charge < -0.3 is 0 Å². The summed E-state index contributed by atoms with van der Waals surface area (Å²) in [7, 11) is 25.0. The van der Waals surface area contributed by atoms with Gasteiger partial charge in [0.15, 0.2) is 0 Å². The molecule has 0 amide bonds. The normalized spacial score (nSPS) is 14.4. The third kappa shape index (κ3) is 19.8. The van der Waals surface area contributed by atoms with Gasteiger partial charge in [0.25, 0.3) is 6.07 Å². The zero-order valence-corrected chi connectivity index (χ0v) is 16.1. The van der Waals surface area contributed by atoms with Gasteiger partial charge in [0.05, 0.1) is 6.92 Å². The molecule has 0 saturated carbocycles. The van der Waals surface area contributed by atoms with E-state index in [1.165, 1.54) is 5.56 Å². The molecule has 0 aromatic heterocycles. The standard InChI is InChI=1S/C9H10N.6ClH.Sb/c1-3-10-9-6-4-8(2)5-7-9;;;;;;;/h4-7H,1-2H3;6*1H;/q+1;;;;;;;+5/p-6. The fourth-order valence-electron chi connectivity index (χ4n) is 0.748. The second-order valence-corrected chi connectivity index (χ2v) is 60.0. The van der Waals surface area contributed by atoms with Crippen molar-refractivity contribution in [3.63, 3.8) is 0 Å². The van der Waals surface area contributed by atoms with Crippen LogP contribution in [0.3, 0.4) is 0 Å². The van der Waals surface area contributed by atoms with E-state index in [0.717, 1.165) is 5.69 Å². The van der Waals surface area contributed by atoms with Gasteiger partial charge in [-0.25, -0.2) is 0 Å². The third-order valence-corrected chi connectivity index (χ3v) is 1.27. The maximum absolute atomic E-state index is 5.42. The second-order valence-electron chi connectivity index (χ2n) is 3.13. The molecular formula is C9H10Cl6NSb. The Hall–Kier alpha value is 1.27. The van der Waals surface area contributed by atoms with Crippen LogP contribution < -0.4 is 0 Å². The van der Waals surface area contributed by atoms with Crippen LogP contribution in [0.4, 0.5) is 5.69 Å². The molecule has 0 aliphatic carbocycles. The maximum atomic E-state index is 5.06. The molecule has 0 aliphatic rings. The molecule has 1 aromatic rings. The van der Waals surface area contributed by atoms with Crippen molar-refractivity contribution in [1.82, 2.24) is 0 Å². The van der Waals surface area contributed by atoms with Gasteiger partial charge in [0.2, 0.25) is 0 Å². The average Bonchev–Trinajstić information content (AvgIpc) is 2.04. The van der Waals surface area contributed by atoms with Crippen molar-refractivity contribution in [3.05, 3.63) is 34.7 Å². The summed E-state index contributed by atoms with van der Waals surface area (Å²) in [4.78, 5) is 4.00. The Balaban J connectivity index is 0.000000325. The van der Waals surface area contributed by atoms with Crippen LogP contribution in [0, 0.1) is 13.0 Å². The summed E-state index contributed by atoms with van der Waals surface area (Å²) in [5.41, 5.74) is 2.23. The molecule has 1 aromatic carbocycles. The number of nitrogens with zero attached hydrogens (tertiary/aromatic N) is 1. The van der Waals surface area contributed by atoms with Gasteiger partial charge >= 0.3 is 67.8 Å². The van der Waals surface area contributed by atoms with Crippen molar-refractivity contribution < 1.29 is 0 Å². The Morgan fingerprint density at radius 2 is 1.29 bits per heavy atom. The molecule has 0 fully saturated rings. The SMILES string of the molecule is CC#[N+]c1ccc(C)cc1.[Cl][Sb-]([Cl])([Cl])([Cl])([Cl])[Cl]. The molecule has 0 heterocycles. The Morgan fingerprint density at radius 1 is 0.941 bits per heavy atom. The van der Waals surface area contributed by atoms with Crippen LogP contribution in [0.25, 0.3) is 4.85 Å². The van der Waals surface area contributed by atoms with Crippen LogP contribution >= 0.6 is 53.0 Å². The van der Waals surface area contributed by atoms with Crippen molar-refractivity contribution in [3.8, 4) is 6.07 Å². The fraction of sp³-hybridized carbons (Fsp3) is 0.222. The minimum absolute atomic E-state index is 0.966. The predicted molar refractivity (Wildman–Crippen MR) is 84.6 cm³/mol. The van der Waals surface area contributed by atoms with E-state index in [4.69, 9.17) is 53.0 Å². The van der Waals surface area contributed by atoms with E-state index in [1.54, 1.807) is 6.92 Å². The van der Waals surface area contributed by atoms with Crippen LogP contribution in [0.5, 0.6) is 0 Å². The quantitative estimate of drug-likeness (QED) is 0.373. The number of hydrogen-bond donors (Lipinski definition) is 0. The number of benzene rings is 1. The van der Waals surface area contributed by atoms with E-state index in [-0.39, 0.29) is 0 Å². The number of halogens is 6. The minimum atomic E-state index is -5.42. The summed E-state index contributed by atoms with van der Waals surface area (Å²) in [5.74, 6) is 0. The van der Waals surface area contributed by atoms with Crippen LogP contribution in [-0.4, -0.2) is 9.14 Å². The first-order valence-corrected chi connectivity index (χ1v) is 23.7. The molecule has 0 radical (unpaired) electrons. The number of aryl methyl sites for hydroxylation is 1. The van der Waals surface area contributed by atoms with Gasteiger partial charge in [-0.15, -0.1) is 0 Å². The van der Waals surface area contributed by atoms with Crippen molar-refractivity contribution in [2.24, 2.45) is 0 Å². The molecule has 98 valence electrons. The molecule has 1 nitrogen and oxygen atoms in total. The topological polar surface area (TPSA) is 4.36 Å². The molecule has 17 heavy (non-hydrogen) atoms. The van der Waals surface area contributed by atoms with Crippen LogP contribution in [0.1, 0.15) is 12.5 Å². The Kier molecular flexibility index (Phi) is 6.15. The molecule has 0 spiro atoms. The molecule has 0 saturated heterocycles. The van der Waals surface area contributed by atoms with E-state index < -0.39 is 9.14 Å². The molecule has 1 rings (SSSR count). The number of hydrogen-bond acceptors (Lipinski definition) is 0. The first kappa shape index (κ1) is 18.3. The zero-order chi connectivity index (χ0) is 13.8. The van der Waals surface area contributed by atoms with Gasteiger partial charge in [0, 0.05) is 12.1 Å². The van der Waals surface area contributed by atoms with Crippen LogP contribution in [0.15, 0.2) is 24.3 Å². The average molecular weight is 467 g/mol. The summed E-state index contributed by atoms with van der Waals surface area (Å²) < 4.78 is 0. The van der Waals surface area contributed by atoms with Gasteiger partial charge in [-0.2, -0.15) is 0 Å². The summed E-state index contributed by atoms with van der Waals surface area (Å²) in [5, 5.41) is 0. The summed E-state index contributed by atoms with van der Waals surface area (Å²) in [6.07, 6.45) is 0. The van der Waals surface area contributed by atoms with Gasteiger partial charge in [-0.3, -0.25) is 0 Å². The summed E-state index contributed by atoms with van der Waals surface area (Å²) in [6, 6.07) is 10.8. The van der Waals surface area contributed by atoms with E-state index in [0.29, 0.717) is 0 Å². The molecule has 0 N–H and O–H groups in total. The van der Waals surface area contributed by atoms with E-state index in [2.05, 4.69) is 17.8 Å². The molecule has 0 unspecified atom stereocenters. The van der Waals surface area contributed by atoms with Crippen molar-refractivity contribution in [2.75, 3.05) is 0 Å². The van der Waals surface area contributed by atoms with Crippen molar-refractivity contribution >= 4 is 67.8 Å². The van der Waals surface area contributed by atoms with Gasteiger partial charge in [0.1, 0.15) is 0 Å². The van der Waals surface area contributed by atoms with Crippen molar-refractivity contribution in [2.45, 2.75) is 13.8 Å². The Bertz CT molecular complexity index is 424. The molecule has 0 atom stereocenters. The fourth-order valence-corrected chi connectivity index (χ4v) is 0.748. The van der Waals surface area contributed by atoms with Gasteiger partial charge in [-0.05, 0) is 11.8 Å². The second kappa shape index (κ2) is 5.72. The third-order valence-electron chi connectivity index (χ3n) is 1.27. The van der Waals surface area contributed by atoms with E-state index >= 15 is 0 Å². The van der Waals surface area contributed by atoms with E-state index in [1.807, 2.05) is 24.3 Å². The molecule has 0 aliphatic heterocycles. The summed E-state index contributed by atoms with van der Waals surface area (Å²) >= 11 is 0. The van der Waals surface area contributed by atoms with Crippen LogP contribution in [0.2, 0.25) is 0 Å². The van der Waals surface area contributed by atoms with Crippen LogP contribution in [-0.2, 0) is 0 Å². The monoisotopic (exact) mass is 463 g/mol. The predicted octanol–water partition coefficient (Wildman–Crippen LogP) is 6.74. The summed E-state index contributed by atoms with van der Waals surface area (Å²) in [6.45, 7) is 3.85. The Labute approximate surface area is 121 Å². The van der Waals surface area contributed by atoms with E-state index in [9.17, 15) is 0 Å². The molecular weight excluding hydrogens is 457 g/mol. The Morgan fingerprint density at radius 3 is 1.59 bits per heavy atom. The van der Waals surface area contributed by atoms with Gasteiger partial charge in [-0.1, -0.05) is 17.7 Å².